The molecule has 1 rings (SSSR count). The number of hydrogen-bond donors (Lipinski definition) is 3. The number of rotatable bonds is 9. The van der Waals surface area contributed by atoms with Gasteiger partial charge in [-0.25, -0.2) is 0 Å². The molecule has 0 bridgehead atoms. The molecular formula is C15H24N2O2. The van der Waals surface area contributed by atoms with Crippen molar-refractivity contribution in [2.45, 2.75) is 38.5 Å². The van der Waals surface area contributed by atoms with Gasteiger partial charge in [-0.05, 0) is 37.0 Å². The number of carbonyl (C=O) groups is 1. The summed E-state index contributed by atoms with van der Waals surface area (Å²) in [5.41, 5.74) is 7.48. The largest absolute Gasteiger partial charge is 0.399 e. The lowest BCUT2D eigenvalue weighted by atomic mass is 10.1. The van der Waals surface area contributed by atoms with E-state index in [-0.39, 0.29) is 12.5 Å². The Morgan fingerprint density at radius 3 is 2.47 bits per heavy atom. The summed E-state index contributed by atoms with van der Waals surface area (Å²) >= 11 is 0. The standard InChI is InChI=1S/C15H24N2O2/c16-14-8-5-13(6-9-14)7-10-15(19)17-11-3-1-2-4-12-18/h5-6,8-9,18H,1-4,7,10-12,16H2,(H,17,19). The zero-order chi connectivity index (χ0) is 13.9. The number of aryl methyl sites for hydroxylation is 1. The molecule has 0 saturated carbocycles. The van der Waals surface area contributed by atoms with Crippen LogP contribution in [0.25, 0.3) is 0 Å². The lowest BCUT2D eigenvalue weighted by Gasteiger charge is -2.05. The van der Waals surface area contributed by atoms with E-state index in [1.54, 1.807) is 0 Å². The van der Waals surface area contributed by atoms with Crippen LogP contribution in [-0.4, -0.2) is 24.2 Å². The predicted octanol–water partition coefficient (Wildman–Crippen LogP) is 1.87. The number of nitrogens with two attached hydrogens (primary N) is 1. The SMILES string of the molecule is Nc1ccc(CCC(=O)NCCCCCCO)cc1. The van der Waals surface area contributed by atoms with Crippen molar-refractivity contribution in [1.29, 1.82) is 0 Å². The van der Waals surface area contributed by atoms with E-state index in [1.807, 2.05) is 24.3 Å². The highest BCUT2D eigenvalue weighted by Gasteiger charge is 2.01. The first-order valence-electron chi connectivity index (χ1n) is 6.94. The van der Waals surface area contributed by atoms with Crippen LogP contribution in [0.3, 0.4) is 0 Å². The minimum Gasteiger partial charge on any atom is -0.399 e. The van der Waals surface area contributed by atoms with Gasteiger partial charge in [0.2, 0.25) is 5.91 Å². The molecule has 0 atom stereocenters. The van der Waals surface area contributed by atoms with Gasteiger partial charge in [-0.1, -0.05) is 25.0 Å². The maximum atomic E-state index is 11.6. The van der Waals surface area contributed by atoms with E-state index in [0.29, 0.717) is 6.42 Å². The van der Waals surface area contributed by atoms with Crippen LogP contribution in [0.5, 0.6) is 0 Å². The third-order valence-corrected chi connectivity index (χ3v) is 3.03. The third-order valence-electron chi connectivity index (χ3n) is 3.03. The van der Waals surface area contributed by atoms with Gasteiger partial charge in [-0.15, -0.1) is 0 Å². The van der Waals surface area contributed by atoms with Crippen LogP contribution in [-0.2, 0) is 11.2 Å². The van der Waals surface area contributed by atoms with Crippen molar-refractivity contribution in [3.63, 3.8) is 0 Å². The molecule has 0 aliphatic rings. The van der Waals surface area contributed by atoms with E-state index in [4.69, 9.17) is 10.8 Å². The van der Waals surface area contributed by atoms with E-state index in [9.17, 15) is 4.79 Å². The normalized spacial score (nSPS) is 10.4. The van der Waals surface area contributed by atoms with Gasteiger partial charge >= 0.3 is 0 Å². The Hall–Kier alpha value is -1.55. The molecule has 4 nitrogen and oxygen atoms in total. The maximum absolute atomic E-state index is 11.6. The molecule has 0 fully saturated rings. The first-order valence-corrected chi connectivity index (χ1v) is 6.94. The number of hydrogen-bond acceptors (Lipinski definition) is 3. The smallest absolute Gasteiger partial charge is 0.220 e. The molecule has 0 saturated heterocycles. The van der Waals surface area contributed by atoms with Crippen molar-refractivity contribution in [2.75, 3.05) is 18.9 Å². The van der Waals surface area contributed by atoms with E-state index in [0.717, 1.165) is 49.9 Å². The Morgan fingerprint density at radius 1 is 1.11 bits per heavy atom. The molecule has 0 aliphatic carbocycles. The molecular weight excluding hydrogens is 240 g/mol. The predicted molar refractivity (Wildman–Crippen MR) is 77.7 cm³/mol. The average molecular weight is 264 g/mol. The summed E-state index contributed by atoms with van der Waals surface area (Å²) in [5.74, 6) is 0.0963. The Labute approximate surface area is 115 Å². The third kappa shape index (κ3) is 7.47. The van der Waals surface area contributed by atoms with Crippen LogP contribution in [0, 0.1) is 0 Å². The lowest BCUT2D eigenvalue weighted by molar-refractivity contribution is -0.121. The van der Waals surface area contributed by atoms with Gasteiger partial charge in [0, 0.05) is 25.3 Å². The summed E-state index contributed by atoms with van der Waals surface area (Å²) in [6, 6.07) is 7.62. The molecule has 4 heteroatoms. The summed E-state index contributed by atoms with van der Waals surface area (Å²) in [7, 11) is 0. The van der Waals surface area contributed by atoms with Crippen LogP contribution >= 0.6 is 0 Å². The number of nitrogen functional groups attached to an aromatic ring is 1. The molecule has 0 heterocycles. The number of amides is 1. The van der Waals surface area contributed by atoms with E-state index in [1.165, 1.54) is 0 Å². The van der Waals surface area contributed by atoms with Crippen LogP contribution in [0.4, 0.5) is 5.69 Å². The quantitative estimate of drug-likeness (QED) is 0.471. The van der Waals surface area contributed by atoms with Gasteiger partial charge in [0.15, 0.2) is 0 Å². The number of nitrogens with one attached hydrogen (secondary N) is 1. The fraction of sp³-hybridized carbons (Fsp3) is 0.533. The minimum atomic E-state index is 0.0963. The van der Waals surface area contributed by atoms with Crippen molar-refractivity contribution in [2.24, 2.45) is 0 Å². The molecule has 0 aromatic heterocycles. The van der Waals surface area contributed by atoms with E-state index in [2.05, 4.69) is 5.32 Å². The minimum absolute atomic E-state index is 0.0963. The summed E-state index contributed by atoms with van der Waals surface area (Å²) in [5, 5.41) is 11.5. The van der Waals surface area contributed by atoms with Gasteiger partial charge in [-0.2, -0.15) is 0 Å². The molecule has 106 valence electrons. The summed E-state index contributed by atoms with van der Waals surface area (Å²) in [6.45, 7) is 0.986. The molecule has 0 unspecified atom stereocenters. The van der Waals surface area contributed by atoms with Gasteiger partial charge < -0.3 is 16.2 Å². The summed E-state index contributed by atoms with van der Waals surface area (Å²) < 4.78 is 0. The van der Waals surface area contributed by atoms with E-state index < -0.39 is 0 Å². The number of carbonyl (C=O) groups excluding carboxylic acids is 1. The monoisotopic (exact) mass is 264 g/mol. The zero-order valence-corrected chi connectivity index (χ0v) is 11.4. The Morgan fingerprint density at radius 2 is 1.79 bits per heavy atom. The number of unbranched alkanes of at least 4 members (excludes halogenated alkanes) is 3. The van der Waals surface area contributed by atoms with Crippen molar-refractivity contribution in [1.82, 2.24) is 5.32 Å². The highest BCUT2D eigenvalue weighted by Crippen LogP contribution is 2.07. The van der Waals surface area contributed by atoms with Crippen molar-refractivity contribution in [3.05, 3.63) is 29.8 Å². The molecule has 1 amide bonds. The zero-order valence-electron chi connectivity index (χ0n) is 11.4. The lowest BCUT2D eigenvalue weighted by Crippen LogP contribution is -2.24. The van der Waals surface area contributed by atoms with Crippen molar-refractivity contribution in [3.8, 4) is 0 Å². The summed E-state index contributed by atoms with van der Waals surface area (Å²) in [6.07, 6.45) is 5.17. The van der Waals surface area contributed by atoms with Crippen LogP contribution in [0.2, 0.25) is 0 Å². The van der Waals surface area contributed by atoms with Crippen molar-refractivity contribution >= 4 is 11.6 Å². The van der Waals surface area contributed by atoms with Crippen molar-refractivity contribution < 1.29 is 9.90 Å². The molecule has 0 spiro atoms. The Kier molecular flexibility index (Phi) is 7.66. The first-order chi connectivity index (χ1) is 9.22. The topological polar surface area (TPSA) is 75.4 Å². The average Bonchev–Trinajstić information content (AvgIpc) is 2.42. The molecule has 0 aliphatic heterocycles. The Bertz CT molecular complexity index is 363. The number of benzene rings is 1. The van der Waals surface area contributed by atoms with Crippen LogP contribution in [0.1, 0.15) is 37.7 Å². The second-order valence-corrected chi connectivity index (χ2v) is 4.73. The first kappa shape index (κ1) is 15.5. The molecule has 19 heavy (non-hydrogen) atoms. The second-order valence-electron chi connectivity index (χ2n) is 4.73. The molecule has 4 N–H and O–H groups in total. The molecule has 0 radical (unpaired) electrons. The fourth-order valence-electron chi connectivity index (χ4n) is 1.85. The highest BCUT2D eigenvalue weighted by atomic mass is 16.2. The Balaban J connectivity index is 2.06. The van der Waals surface area contributed by atoms with Crippen LogP contribution in [0.15, 0.2) is 24.3 Å². The summed E-state index contributed by atoms with van der Waals surface area (Å²) in [4.78, 5) is 11.6. The highest BCUT2D eigenvalue weighted by molar-refractivity contribution is 5.76. The van der Waals surface area contributed by atoms with Gasteiger partial charge in [0.05, 0.1) is 0 Å². The van der Waals surface area contributed by atoms with Gasteiger partial charge in [0.1, 0.15) is 0 Å². The second kappa shape index (κ2) is 9.39. The van der Waals surface area contributed by atoms with Crippen LogP contribution < -0.4 is 11.1 Å². The number of aliphatic hydroxyl groups excluding tert-OH is 1. The van der Waals surface area contributed by atoms with Gasteiger partial charge in [0.25, 0.3) is 0 Å². The van der Waals surface area contributed by atoms with E-state index >= 15 is 0 Å². The number of anilines is 1. The number of aliphatic hydroxyl groups is 1. The van der Waals surface area contributed by atoms with Gasteiger partial charge in [-0.3, -0.25) is 4.79 Å². The fourth-order valence-corrected chi connectivity index (χ4v) is 1.85. The maximum Gasteiger partial charge on any atom is 0.220 e. The molecule has 1 aromatic rings. The molecule has 1 aromatic carbocycles.